The molecule has 1 aromatic carbocycles. The molecule has 182 valence electrons. The lowest BCUT2D eigenvalue weighted by Crippen LogP contribution is -2.31. The first-order valence-corrected chi connectivity index (χ1v) is 12.6. The molecule has 0 radical (unpaired) electrons. The number of aromatic nitrogens is 4. The summed E-state index contributed by atoms with van der Waals surface area (Å²) in [4.78, 5) is 35.5. The van der Waals surface area contributed by atoms with E-state index in [1.54, 1.807) is 6.20 Å². The van der Waals surface area contributed by atoms with Crippen molar-refractivity contribution in [2.45, 2.75) is 57.3 Å². The van der Waals surface area contributed by atoms with E-state index >= 15 is 0 Å². The fourth-order valence-corrected chi connectivity index (χ4v) is 6.07. The second-order valence-corrected chi connectivity index (χ2v) is 10.4. The van der Waals surface area contributed by atoms with Gasteiger partial charge in [0.2, 0.25) is 5.95 Å². The molecule has 9 nitrogen and oxygen atoms in total. The number of H-pyrrole nitrogens is 1. The van der Waals surface area contributed by atoms with Crippen LogP contribution in [0.2, 0.25) is 0 Å². The van der Waals surface area contributed by atoms with Crippen molar-refractivity contribution in [1.82, 2.24) is 20.2 Å². The number of piperidine rings is 1. The molecule has 1 saturated heterocycles. The number of benzene rings is 1. The normalized spacial score (nSPS) is 26.1. The average molecular weight is 475 g/mol. The number of anilines is 3. The zero-order valence-corrected chi connectivity index (χ0v) is 19.7. The Labute approximate surface area is 203 Å². The summed E-state index contributed by atoms with van der Waals surface area (Å²) >= 11 is 0. The van der Waals surface area contributed by atoms with Gasteiger partial charge in [-0.25, -0.2) is 10.1 Å². The standard InChI is InChI=1S/C26H30N6O3/c33-23-21-20(15-27-31-23)29-25(32-12-2-1-3-13-32)30-22(21)28-18-6-4-16(5-7-18)17-8-10-26(11-9-17)14-19(26)24(34)35/h4-7,15,17,19H,1-3,8-14H2,(H,31,33)(H,34,35)(H,28,29,30)/t17?,19-,26?/m0/s1. The van der Waals surface area contributed by atoms with Crippen molar-refractivity contribution in [3.05, 3.63) is 46.4 Å². The Bertz CT molecular complexity index is 1310. The highest BCUT2D eigenvalue weighted by molar-refractivity contribution is 5.90. The van der Waals surface area contributed by atoms with Gasteiger partial charge in [-0.1, -0.05) is 12.1 Å². The van der Waals surface area contributed by atoms with Crippen LogP contribution in [0.1, 0.15) is 62.8 Å². The number of hydrogen-bond acceptors (Lipinski definition) is 7. The number of hydrogen-bond donors (Lipinski definition) is 3. The van der Waals surface area contributed by atoms with Crippen molar-refractivity contribution in [1.29, 1.82) is 0 Å². The quantitative estimate of drug-likeness (QED) is 0.503. The molecule has 0 amide bonds. The molecule has 3 fully saturated rings. The van der Waals surface area contributed by atoms with Gasteiger partial charge in [0.05, 0.1) is 12.1 Å². The van der Waals surface area contributed by atoms with E-state index in [4.69, 9.17) is 4.98 Å². The Kier molecular flexibility index (Phi) is 5.42. The highest BCUT2D eigenvalue weighted by Crippen LogP contribution is 2.63. The maximum Gasteiger partial charge on any atom is 0.307 e. The monoisotopic (exact) mass is 474 g/mol. The van der Waals surface area contributed by atoms with Crippen molar-refractivity contribution in [2.75, 3.05) is 23.3 Å². The molecular weight excluding hydrogens is 444 g/mol. The molecule has 0 unspecified atom stereocenters. The number of carboxylic acid groups (broad SMARTS) is 1. The van der Waals surface area contributed by atoms with Gasteiger partial charge in [-0.3, -0.25) is 9.59 Å². The molecule has 1 spiro atoms. The van der Waals surface area contributed by atoms with E-state index < -0.39 is 5.97 Å². The number of carbonyl (C=O) groups is 1. The lowest BCUT2D eigenvalue weighted by atomic mass is 9.76. The minimum absolute atomic E-state index is 0.0614. The van der Waals surface area contributed by atoms with Crippen LogP contribution < -0.4 is 15.8 Å². The zero-order valence-electron chi connectivity index (χ0n) is 19.7. The molecule has 3 N–H and O–H groups in total. The van der Waals surface area contributed by atoms with Gasteiger partial charge in [0.15, 0.2) is 0 Å². The third kappa shape index (κ3) is 4.13. The van der Waals surface area contributed by atoms with Crippen LogP contribution in [0, 0.1) is 11.3 Å². The fraction of sp³-hybridized carbons (Fsp3) is 0.500. The Morgan fingerprint density at radius 3 is 2.51 bits per heavy atom. The summed E-state index contributed by atoms with van der Waals surface area (Å²) in [6, 6.07) is 8.32. The maximum absolute atomic E-state index is 12.6. The number of rotatable bonds is 5. The van der Waals surface area contributed by atoms with E-state index in [1.807, 2.05) is 12.1 Å². The summed E-state index contributed by atoms with van der Waals surface area (Å²) in [7, 11) is 0. The second-order valence-electron chi connectivity index (χ2n) is 10.4. The van der Waals surface area contributed by atoms with E-state index in [2.05, 4.69) is 37.5 Å². The Morgan fingerprint density at radius 1 is 1.09 bits per heavy atom. The van der Waals surface area contributed by atoms with Gasteiger partial charge in [-0.15, -0.1) is 0 Å². The highest BCUT2D eigenvalue weighted by Gasteiger charge is 2.58. The second kappa shape index (κ2) is 8.62. The third-order valence-corrected chi connectivity index (χ3v) is 8.26. The van der Waals surface area contributed by atoms with Crippen LogP contribution in [-0.4, -0.2) is 44.3 Å². The van der Waals surface area contributed by atoms with Crippen LogP contribution in [0.4, 0.5) is 17.5 Å². The van der Waals surface area contributed by atoms with Crippen LogP contribution in [0.5, 0.6) is 0 Å². The number of carboxylic acids is 1. The van der Waals surface area contributed by atoms with Gasteiger partial charge in [0.25, 0.3) is 5.56 Å². The predicted molar refractivity (Wildman–Crippen MR) is 133 cm³/mol. The Balaban J connectivity index is 1.21. The molecule has 9 heteroatoms. The van der Waals surface area contributed by atoms with E-state index in [9.17, 15) is 14.7 Å². The summed E-state index contributed by atoms with van der Waals surface area (Å²) in [6.45, 7) is 1.82. The third-order valence-electron chi connectivity index (χ3n) is 8.26. The molecule has 3 heterocycles. The van der Waals surface area contributed by atoms with E-state index in [0.717, 1.165) is 63.7 Å². The summed E-state index contributed by atoms with van der Waals surface area (Å²) < 4.78 is 0. The molecule has 1 atom stereocenters. The van der Waals surface area contributed by atoms with Crippen molar-refractivity contribution >= 4 is 34.3 Å². The number of nitrogens with zero attached hydrogens (tertiary/aromatic N) is 4. The summed E-state index contributed by atoms with van der Waals surface area (Å²) in [5.41, 5.74) is 2.41. The lowest BCUT2D eigenvalue weighted by molar-refractivity contribution is -0.139. The molecule has 2 aliphatic carbocycles. The lowest BCUT2D eigenvalue weighted by Gasteiger charge is -2.29. The first-order chi connectivity index (χ1) is 17.0. The van der Waals surface area contributed by atoms with E-state index in [-0.39, 0.29) is 16.9 Å². The van der Waals surface area contributed by atoms with Crippen LogP contribution in [-0.2, 0) is 4.79 Å². The molecule has 2 saturated carbocycles. The smallest absolute Gasteiger partial charge is 0.307 e. The minimum atomic E-state index is -0.630. The SMILES string of the molecule is O=C(O)[C@@H]1CC12CCC(c1ccc(Nc3nc(N4CCCCC4)nc4cn[nH]c(=O)c34)cc1)CC2. The van der Waals surface area contributed by atoms with Gasteiger partial charge in [0.1, 0.15) is 16.7 Å². The zero-order chi connectivity index (χ0) is 24.0. The molecule has 35 heavy (non-hydrogen) atoms. The van der Waals surface area contributed by atoms with E-state index in [1.165, 1.54) is 12.0 Å². The molecule has 6 rings (SSSR count). The molecule has 0 bridgehead atoms. The largest absolute Gasteiger partial charge is 0.481 e. The Morgan fingerprint density at radius 2 is 1.83 bits per heavy atom. The summed E-state index contributed by atoms with van der Waals surface area (Å²) in [5.74, 6) is 0.809. The number of nitrogens with one attached hydrogen (secondary N) is 2. The summed E-state index contributed by atoms with van der Waals surface area (Å²) in [6.07, 6.45) is 9.92. The molecule has 2 aromatic heterocycles. The topological polar surface area (TPSA) is 124 Å². The molecule has 1 aliphatic heterocycles. The van der Waals surface area contributed by atoms with Crippen LogP contribution in [0.25, 0.3) is 10.9 Å². The van der Waals surface area contributed by atoms with Gasteiger partial charge < -0.3 is 15.3 Å². The van der Waals surface area contributed by atoms with Gasteiger partial charge in [-0.2, -0.15) is 10.1 Å². The number of aromatic amines is 1. The molecule has 3 aliphatic rings. The van der Waals surface area contributed by atoms with Gasteiger partial charge in [-0.05, 0) is 80.4 Å². The van der Waals surface area contributed by atoms with Crippen LogP contribution in [0.15, 0.2) is 35.3 Å². The van der Waals surface area contributed by atoms with Crippen molar-refractivity contribution in [3.8, 4) is 0 Å². The van der Waals surface area contributed by atoms with Crippen LogP contribution in [0.3, 0.4) is 0 Å². The Hall–Kier alpha value is -3.49. The predicted octanol–water partition coefficient (Wildman–Crippen LogP) is 4.20. The van der Waals surface area contributed by atoms with Crippen molar-refractivity contribution in [2.24, 2.45) is 11.3 Å². The van der Waals surface area contributed by atoms with Crippen LogP contribution >= 0.6 is 0 Å². The number of fused-ring (bicyclic) bond motifs is 1. The maximum atomic E-state index is 12.6. The first kappa shape index (κ1) is 22.0. The summed E-state index contributed by atoms with van der Waals surface area (Å²) in [5, 5.41) is 19.5. The molecular formula is C26H30N6O3. The first-order valence-electron chi connectivity index (χ1n) is 12.6. The number of aliphatic carboxylic acids is 1. The van der Waals surface area contributed by atoms with E-state index in [0.29, 0.717) is 28.6 Å². The highest BCUT2D eigenvalue weighted by atomic mass is 16.4. The van der Waals surface area contributed by atoms with Gasteiger partial charge in [0, 0.05) is 18.8 Å². The molecule has 3 aromatic rings. The van der Waals surface area contributed by atoms with Crippen molar-refractivity contribution in [3.63, 3.8) is 0 Å². The van der Waals surface area contributed by atoms with Gasteiger partial charge >= 0.3 is 5.97 Å². The fourth-order valence-electron chi connectivity index (χ4n) is 6.07. The average Bonchev–Trinajstić information content (AvgIpc) is 3.59. The van der Waals surface area contributed by atoms with Crippen molar-refractivity contribution < 1.29 is 9.90 Å². The minimum Gasteiger partial charge on any atom is -0.481 e.